The van der Waals surface area contributed by atoms with E-state index in [4.69, 9.17) is 15.4 Å². The van der Waals surface area contributed by atoms with Crippen molar-refractivity contribution in [3.63, 3.8) is 0 Å². The van der Waals surface area contributed by atoms with Gasteiger partial charge < -0.3 is 15.9 Å². The first-order valence-corrected chi connectivity index (χ1v) is 4.99. The molecule has 0 aliphatic heterocycles. The van der Waals surface area contributed by atoms with Gasteiger partial charge in [-0.25, -0.2) is 4.79 Å². The Labute approximate surface area is 103 Å². The predicted octanol–water partition coefficient (Wildman–Crippen LogP) is -3.71. The van der Waals surface area contributed by atoms with Gasteiger partial charge in [-0.2, -0.15) is 8.42 Å². The molecule has 0 heterocycles. The van der Waals surface area contributed by atoms with Crippen LogP contribution in [0.1, 0.15) is 10.4 Å². The molecule has 0 aliphatic rings. The molecule has 0 saturated carbocycles. The van der Waals surface area contributed by atoms with Crippen LogP contribution in [0.15, 0.2) is 17.0 Å². The summed E-state index contributed by atoms with van der Waals surface area (Å²) >= 11 is 0. The van der Waals surface area contributed by atoms with Gasteiger partial charge >= 0.3 is 24.8 Å². The second-order valence-corrected chi connectivity index (χ2v) is 4.07. The van der Waals surface area contributed by atoms with E-state index < -0.39 is 32.3 Å². The zero-order valence-electron chi connectivity index (χ0n) is 8.17. The fourth-order valence-electron chi connectivity index (χ4n) is 0.974. The van der Waals surface area contributed by atoms with Gasteiger partial charge in [-0.1, -0.05) is 5.75 Å². The molecule has 82 valence electrons. The minimum atomic E-state index is -4.77. The van der Waals surface area contributed by atoms with Crippen LogP contribution >= 0.6 is 0 Å². The average molecular weight is 239 g/mol. The number of carboxylic acid groups (broad SMARTS) is 1. The molecule has 4 N–H and O–H groups in total. The van der Waals surface area contributed by atoms with E-state index >= 15 is 0 Å². The molecule has 16 heavy (non-hydrogen) atoms. The van der Waals surface area contributed by atoms with Gasteiger partial charge in [-0.15, -0.1) is 0 Å². The van der Waals surface area contributed by atoms with E-state index in [0.29, 0.717) is 6.07 Å². The topological polar surface area (TPSA) is 141 Å². The monoisotopic (exact) mass is 239 g/mol. The molecule has 0 radical (unpaired) electrons. The summed E-state index contributed by atoms with van der Waals surface area (Å²) in [5.41, 5.74) is 4.15. The Balaban J connectivity index is 0.00000225. The van der Waals surface area contributed by atoms with Gasteiger partial charge in [-0.05, 0) is 12.1 Å². The van der Waals surface area contributed by atoms with Crippen molar-refractivity contribution in [1.82, 2.24) is 0 Å². The number of rotatable bonds is 2. The summed E-state index contributed by atoms with van der Waals surface area (Å²) in [6.45, 7) is 0. The third kappa shape index (κ3) is 2.90. The van der Waals surface area contributed by atoms with Crippen LogP contribution in [0.5, 0.6) is 5.75 Å². The average Bonchev–Trinajstić information content (AvgIpc) is 2.06. The van der Waals surface area contributed by atoms with Crippen molar-refractivity contribution < 1.29 is 46.8 Å². The molecule has 1 aromatic rings. The smallest absolute Gasteiger partial charge is 0.871 e. The number of nitrogen functional groups attached to an aromatic ring is 1. The van der Waals surface area contributed by atoms with E-state index in [1.165, 1.54) is 0 Å². The Kier molecular flexibility index (Phi) is 4.40. The van der Waals surface area contributed by atoms with E-state index in [2.05, 4.69) is 0 Å². The Hall–Kier alpha value is -1.20. The molecule has 0 atom stereocenters. The predicted molar refractivity (Wildman–Crippen MR) is 47.1 cm³/mol. The summed E-state index contributed by atoms with van der Waals surface area (Å²) in [5, 5.41) is 19.8. The maximum absolute atomic E-state index is 11.2. The van der Waals surface area contributed by atoms with Crippen LogP contribution in [0.3, 0.4) is 0 Å². The number of carboxylic acids is 1. The quantitative estimate of drug-likeness (QED) is 0.274. The first kappa shape index (κ1) is 14.8. The van der Waals surface area contributed by atoms with E-state index in [0.717, 1.165) is 6.07 Å². The van der Waals surface area contributed by atoms with Crippen molar-refractivity contribution >= 4 is 21.8 Å². The fourth-order valence-corrected chi connectivity index (χ4v) is 1.60. The van der Waals surface area contributed by atoms with Crippen LogP contribution in [-0.2, 0) is 10.1 Å². The molecule has 0 aliphatic carbocycles. The van der Waals surface area contributed by atoms with E-state index in [9.17, 15) is 18.3 Å². The number of nitrogens with two attached hydrogens (primary N) is 1. The van der Waals surface area contributed by atoms with Gasteiger partial charge in [0.1, 0.15) is 0 Å². The molecule has 1 rings (SSSR count). The van der Waals surface area contributed by atoms with Crippen LogP contribution < -0.4 is 29.7 Å². The summed E-state index contributed by atoms with van der Waals surface area (Å²) in [5.74, 6) is -2.91. The third-order valence-electron chi connectivity index (χ3n) is 1.59. The number of hydrogen-bond donors (Lipinski definition) is 3. The molecule has 0 unspecified atom stereocenters. The molecule has 0 aromatic heterocycles. The Morgan fingerprint density at radius 3 is 2.25 bits per heavy atom. The second-order valence-electron chi connectivity index (χ2n) is 2.68. The van der Waals surface area contributed by atoms with Gasteiger partial charge in [0.15, 0.2) is 0 Å². The van der Waals surface area contributed by atoms with Crippen molar-refractivity contribution in [1.29, 1.82) is 0 Å². The Bertz CT molecular complexity index is 526. The van der Waals surface area contributed by atoms with Crippen LogP contribution in [0.25, 0.3) is 0 Å². The van der Waals surface area contributed by atoms with Crippen molar-refractivity contribution in [2.24, 2.45) is 0 Å². The van der Waals surface area contributed by atoms with Crippen LogP contribution in [-0.4, -0.2) is 24.0 Å². The van der Waals surface area contributed by atoms with Gasteiger partial charge in [0.2, 0.25) is 0 Å². The normalized spacial score (nSPS) is 10.6. The van der Waals surface area contributed by atoms with E-state index in [-0.39, 0.29) is 24.5 Å². The summed E-state index contributed by atoms with van der Waals surface area (Å²) < 4.78 is 30.0. The van der Waals surface area contributed by atoms with Gasteiger partial charge in [-0.3, -0.25) is 4.55 Å². The van der Waals surface area contributed by atoms with Crippen molar-refractivity contribution in [2.45, 2.75) is 4.90 Å². The second kappa shape index (κ2) is 4.76. The minimum absolute atomic E-state index is 0. The Morgan fingerprint density at radius 1 is 1.38 bits per heavy atom. The summed E-state index contributed by atoms with van der Waals surface area (Å²) in [7, 11) is -4.77. The first-order chi connectivity index (χ1) is 6.73. The molecule has 9 heteroatoms. The van der Waals surface area contributed by atoms with Crippen LogP contribution in [0.2, 0.25) is 0 Å². The van der Waals surface area contributed by atoms with Crippen LogP contribution in [0, 0.1) is 0 Å². The molecule has 0 amide bonds. The van der Waals surface area contributed by atoms with Crippen LogP contribution in [0.4, 0.5) is 5.69 Å². The molecule has 0 spiro atoms. The summed E-state index contributed by atoms with van der Waals surface area (Å²) in [6, 6.07) is 1.52. The molecule has 7 nitrogen and oxygen atoms in total. The molecular formula is C7H6LiNO6S. The van der Waals surface area contributed by atoms with Crippen molar-refractivity contribution in [2.75, 3.05) is 5.73 Å². The number of aromatic carboxylic acids is 1. The molecule has 1 aromatic carbocycles. The molecule has 0 bridgehead atoms. The Morgan fingerprint density at radius 2 is 1.88 bits per heavy atom. The maximum Gasteiger partial charge on any atom is 1.00 e. The SMILES string of the molecule is Nc1cc(C(=O)O)c([O-])c(S(=O)(=O)O)c1.[Li+]. The van der Waals surface area contributed by atoms with E-state index in [1.54, 1.807) is 0 Å². The number of carbonyl (C=O) groups is 1. The van der Waals surface area contributed by atoms with Crippen molar-refractivity contribution in [3.8, 4) is 5.75 Å². The maximum atomic E-state index is 11.2. The summed E-state index contributed by atoms with van der Waals surface area (Å²) in [4.78, 5) is 9.48. The number of benzene rings is 1. The molecule has 0 saturated heterocycles. The minimum Gasteiger partial charge on any atom is -0.871 e. The van der Waals surface area contributed by atoms with Crippen molar-refractivity contribution in [3.05, 3.63) is 17.7 Å². The fraction of sp³-hybridized carbons (Fsp3) is 0. The zero-order chi connectivity index (χ0) is 11.8. The molecular weight excluding hydrogens is 233 g/mol. The van der Waals surface area contributed by atoms with E-state index in [1.807, 2.05) is 0 Å². The largest absolute Gasteiger partial charge is 1.00 e. The first-order valence-electron chi connectivity index (χ1n) is 3.55. The number of hydrogen-bond acceptors (Lipinski definition) is 5. The van der Waals surface area contributed by atoms with Gasteiger partial charge in [0.05, 0.1) is 10.5 Å². The summed E-state index contributed by atoms with van der Waals surface area (Å²) in [6.07, 6.45) is 0. The zero-order valence-corrected chi connectivity index (χ0v) is 8.98. The third-order valence-corrected chi connectivity index (χ3v) is 2.44. The standard InChI is InChI=1S/C7H7NO6S.Li/c8-3-1-4(7(10)11)6(9)5(2-3)15(12,13)14;/h1-2,9H,8H2,(H,10,11)(H,12,13,14);/q;+1/p-1. The van der Waals surface area contributed by atoms with Gasteiger partial charge in [0.25, 0.3) is 10.1 Å². The van der Waals surface area contributed by atoms with Gasteiger partial charge in [0, 0.05) is 5.69 Å². The number of anilines is 1. The molecule has 0 fully saturated rings.